The van der Waals surface area contributed by atoms with Crippen molar-refractivity contribution in [3.05, 3.63) is 96.0 Å². The third-order valence-corrected chi connectivity index (χ3v) is 9.43. The van der Waals surface area contributed by atoms with Crippen molar-refractivity contribution in [2.45, 2.75) is 56.4 Å². The number of nitrogens with zero attached hydrogens (tertiary/aromatic N) is 7. The zero-order valence-corrected chi connectivity index (χ0v) is 23.3. The van der Waals surface area contributed by atoms with Crippen LogP contribution in [0.2, 0.25) is 0 Å². The summed E-state index contributed by atoms with van der Waals surface area (Å²) in [4.78, 5) is 10.8. The van der Waals surface area contributed by atoms with Crippen molar-refractivity contribution in [1.29, 1.82) is 5.26 Å². The molecule has 0 amide bonds. The second-order valence-corrected chi connectivity index (χ2v) is 12.1. The van der Waals surface area contributed by atoms with Gasteiger partial charge in [0.1, 0.15) is 0 Å². The Kier molecular flexibility index (Phi) is 7.55. The molecule has 0 aliphatic heterocycles. The first kappa shape index (κ1) is 26.7. The second kappa shape index (κ2) is 11.0. The van der Waals surface area contributed by atoms with Crippen molar-refractivity contribution < 1.29 is 8.42 Å². The van der Waals surface area contributed by atoms with Gasteiger partial charge in [-0.3, -0.25) is 0 Å². The van der Waals surface area contributed by atoms with Gasteiger partial charge in [0.15, 0.2) is 5.03 Å². The first-order chi connectivity index (χ1) is 18.8. The Morgan fingerprint density at radius 1 is 1.03 bits per heavy atom. The van der Waals surface area contributed by atoms with E-state index in [-0.39, 0.29) is 17.1 Å². The number of imidazole rings is 2. The minimum Gasteiger partial charge on any atom is -0.363 e. The molecule has 2 aromatic carbocycles. The van der Waals surface area contributed by atoms with Gasteiger partial charge in [-0.05, 0) is 61.6 Å². The van der Waals surface area contributed by atoms with Gasteiger partial charge in [0, 0.05) is 50.8 Å². The van der Waals surface area contributed by atoms with Gasteiger partial charge in [0.05, 0.1) is 36.5 Å². The summed E-state index contributed by atoms with van der Waals surface area (Å²) in [5.74, 6) is 0. The SMILES string of the molecule is Cc1ccccc1CN([C@@H]1CC[C@@H](N(Cc2cncn2C)c2ccc(C#N)cc2)C1)S(=O)(=O)c1cn(C)cn1. The minimum absolute atomic E-state index is 0.0702. The van der Waals surface area contributed by atoms with E-state index in [1.54, 1.807) is 28.4 Å². The summed E-state index contributed by atoms with van der Waals surface area (Å²) in [7, 11) is -0.0780. The molecule has 0 bridgehead atoms. The van der Waals surface area contributed by atoms with Crippen LogP contribution in [0.1, 0.15) is 41.6 Å². The van der Waals surface area contributed by atoms with Crippen LogP contribution in [0.15, 0.2) is 78.6 Å². The van der Waals surface area contributed by atoms with Crippen molar-refractivity contribution >= 4 is 15.7 Å². The van der Waals surface area contributed by atoms with Gasteiger partial charge in [-0.2, -0.15) is 9.57 Å². The summed E-state index contributed by atoms with van der Waals surface area (Å²) in [6.45, 7) is 2.94. The van der Waals surface area contributed by atoms with Gasteiger partial charge < -0.3 is 14.0 Å². The second-order valence-electron chi connectivity index (χ2n) is 10.3. The molecule has 1 fully saturated rings. The molecule has 2 aromatic heterocycles. The number of nitriles is 1. The van der Waals surface area contributed by atoms with E-state index in [4.69, 9.17) is 0 Å². The lowest BCUT2D eigenvalue weighted by atomic mass is 10.1. The van der Waals surface area contributed by atoms with Crippen LogP contribution >= 0.6 is 0 Å². The van der Waals surface area contributed by atoms with E-state index in [1.807, 2.05) is 73.3 Å². The molecule has 0 saturated heterocycles. The van der Waals surface area contributed by atoms with Crippen molar-refractivity contribution in [2.24, 2.45) is 14.1 Å². The zero-order chi connectivity index (χ0) is 27.6. The van der Waals surface area contributed by atoms with Crippen LogP contribution < -0.4 is 4.90 Å². The molecule has 0 N–H and O–H groups in total. The van der Waals surface area contributed by atoms with Crippen molar-refractivity contribution in [3.63, 3.8) is 0 Å². The maximum absolute atomic E-state index is 14.0. The van der Waals surface area contributed by atoms with Gasteiger partial charge in [0.25, 0.3) is 10.0 Å². The van der Waals surface area contributed by atoms with E-state index >= 15 is 0 Å². The standard InChI is InChI=1S/C29H33N7O2S/c1-22-6-4-5-7-24(22)17-36(39(37,38)29-19-33(2)21-32-29)27-13-12-26(14-27)35(18-28-16-31-20-34(28)3)25-10-8-23(15-30)9-11-25/h4-11,16,19-21,26-27H,12-14,17-18H2,1-3H3/t26-,27-/m1/s1. The predicted octanol–water partition coefficient (Wildman–Crippen LogP) is 4.15. The molecular weight excluding hydrogens is 510 g/mol. The highest BCUT2D eigenvalue weighted by atomic mass is 32.2. The monoisotopic (exact) mass is 543 g/mol. The van der Waals surface area contributed by atoms with Gasteiger partial charge in [-0.1, -0.05) is 24.3 Å². The van der Waals surface area contributed by atoms with Crippen LogP contribution in [-0.2, 0) is 37.2 Å². The molecule has 10 heteroatoms. The van der Waals surface area contributed by atoms with Gasteiger partial charge in [0.2, 0.25) is 0 Å². The molecule has 1 aliphatic carbocycles. The summed E-state index contributed by atoms with van der Waals surface area (Å²) >= 11 is 0. The molecule has 4 aromatic rings. The molecule has 0 unspecified atom stereocenters. The molecule has 0 radical (unpaired) electrons. The summed E-state index contributed by atoms with van der Waals surface area (Å²) in [5, 5.41) is 9.36. The van der Waals surface area contributed by atoms with Crippen LogP contribution in [0.5, 0.6) is 0 Å². The van der Waals surface area contributed by atoms with E-state index < -0.39 is 10.0 Å². The third-order valence-electron chi connectivity index (χ3n) is 7.64. The molecule has 1 aliphatic rings. The molecule has 2 heterocycles. The van der Waals surface area contributed by atoms with Gasteiger partial charge in [-0.15, -0.1) is 0 Å². The number of anilines is 1. The molecule has 1 saturated carbocycles. The Morgan fingerprint density at radius 2 is 1.77 bits per heavy atom. The van der Waals surface area contributed by atoms with Crippen LogP contribution in [0.3, 0.4) is 0 Å². The lowest BCUT2D eigenvalue weighted by molar-refractivity contribution is 0.311. The average molecular weight is 544 g/mol. The normalized spacial score (nSPS) is 17.4. The number of aryl methyl sites for hydroxylation is 3. The number of sulfonamides is 1. The quantitative estimate of drug-likeness (QED) is 0.314. The lowest BCUT2D eigenvalue weighted by Gasteiger charge is -2.33. The van der Waals surface area contributed by atoms with Gasteiger partial charge in [-0.25, -0.2) is 18.4 Å². The maximum atomic E-state index is 14.0. The molecule has 202 valence electrons. The maximum Gasteiger partial charge on any atom is 0.262 e. The Morgan fingerprint density at radius 3 is 2.41 bits per heavy atom. The van der Waals surface area contributed by atoms with E-state index in [1.165, 1.54) is 6.33 Å². The van der Waals surface area contributed by atoms with E-state index in [2.05, 4.69) is 20.9 Å². The predicted molar refractivity (Wildman–Crippen MR) is 149 cm³/mol. The molecule has 2 atom stereocenters. The topological polar surface area (TPSA) is 100 Å². The van der Waals surface area contributed by atoms with Crippen molar-refractivity contribution in [2.75, 3.05) is 4.90 Å². The molecule has 39 heavy (non-hydrogen) atoms. The Hall–Kier alpha value is -3.94. The fraction of sp³-hybridized carbons (Fsp3) is 0.345. The van der Waals surface area contributed by atoms with Gasteiger partial charge >= 0.3 is 0 Å². The summed E-state index contributed by atoms with van der Waals surface area (Å²) in [6, 6.07) is 17.6. The highest BCUT2D eigenvalue weighted by Crippen LogP contribution is 2.35. The van der Waals surface area contributed by atoms with Crippen molar-refractivity contribution in [3.8, 4) is 6.07 Å². The fourth-order valence-electron chi connectivity index (χ4n) is 5.36. The van der Waals surface area contributed by atoms with E-state index in [9.17, 15) is 13.7 Å². The number of hydrogen-bond acceptors (Lipinski definition) is 6. The fourth-order valence-corrected chi connectivity index (χ4v) is 6.97. The first-order valence-electron chi connectivity index (χ1n) is 13.0. The Balaban J connectivity index is 1.47. The number of aromatic nitrogens is 4. The third kappa shape index (κ3) is 5.60. The minimum atomic E-state index is -3.83. The Labute approximate surface area is 230 Å². The smallest absolute Gasteiger partial charge is 0.262 e. The highest BCUT2D eigenvalue weighted by Gasteiger charge is 2.40. The summed E-state index contributed by atoms with van der Waals surface area (Å²) < 4.78 is 33.2. The molecule has 5 rings (SSSR count). The number of benzene rings is 2. The van der Waals surface area contributed by atoms with E-state index in [0.717, 1.165) is 35.3 Å². The first-order valence-corrected chi connectivity index (χ1v) is 14.5. The molecule has 9 nitrogen and oxygen atoms in total. The number of rotatable bonds is 9. The summed E-state index contributed by atoms with van der Waals surface area (Å²) in [5.41, 5.74) is 4.71. The van der Waals surface area contributed by atoms with Crippen LogP contribution in [0.25, 0.3) is 0 Å². The number of hydrogen-bond donors (Lipinski definition) is 0. The Bertz CT molecular complexity index is 1580. The average Bonchev–Trinajstić information content (AvgIpc) is 3.68. The van der Waals surface area contributed by atoms with Crippen LogP contribution in [0.4, 0.5) is 5.69 Å². The highest BCUT2D eigenvalue weighted by molar-refractivity contribution is 7.89. The summed E-state index contributed by atoms with van der Waals surface area (Å²) in [6.07, 6.45) is 8.99. The molecule has 0 spiro atoms. The van der Waals surface area contributed by atoms with Crippen LogP contribution in [-0.4, -0.2) is 43.9 Å². The van der Waals surface area contributed by atoms with E-state index in [0.29, 0.717) is 25.1 Å². The largest absolute Gasteiger partial charge is 0.363 e. The zero-order valence-electron chi connectivity index (χ0n) is 22.5. The lowest BCUT2D eigenvalue weighted by Crippen LogP contribution is -2.41. The molecular formula is C29H33N7O2S. The van der Waals surface area contributed by atoms with Crippen LogP contribution in [0, 0.1) is 18.3 Å². The van der Waals surface area contributed by atoms with Crippen molar-refractivity contribution in [1.82, 2.24) is 23.4 Å².